The summed E-state index contributed by atoms with van der Waals surface area (Å²) < 4.78 is 50.9. The Morgan fingerprint density at radius 1 is 1.27 bits per heavy atom. The fraction of sp³-hybridized carbons (Fsp3) is 0.462. The molecule has 1 aromatic carbocycles. The van der Waals surface area contributed by atoms with Gasteiger partial charge < -0.3 is 10.2 Å². The van der Waals surface area contributed by atoms with Gasteiger partial charge in [-0.15, -0.1) is 12.4 Å². The van der Waals surface area contributed by atoms with Crippen LogP contribution in [0.5, 0.6) is 0 Å². The van der Waals surface area contributed by atoms with Gasteiger partial charge in [-0.1, -0.05) is 17.8 Å². The van der Waals surface area contributed by atoms with Crippen molar-refractivity contribution in [1.29, 1.82) is 0 Å². The number of hydrogen-bond donors (Lipinski definition) is 1. The molecule has 1 aromatic rings. The number of carbonyl (C=O) groups is 1. The smallest absolute Gasteiger partial charge is 0.331 e. The van der Waals surface area contributed by atoms with Gasteiger partial charge in [0.15, 0.2) is 0 Å². The van der Waals surface area contributed by atoms with Gasteiger partial charge in [0.25, 0.3) is 5.24 Å². The molecule has 1 heterocycles. The van der Waals surface area contributed by atoms with Crippen LogP contribution in [0.3, 0.4) is 0 Å². The Labute approximate surface area is 135 Å². The van der Waals surface area contributed by atoms with E-state index in [1.807, 2.05) is 0 Å². The van der Waals surface area contributed by atoms with Gasteiger partial charge in [-0.3, -0.25) is 4.79 Å². The number of halogens is 5. The molecule has 0 saturated carbocycles. The number of benzene rings is 1. The second-order valence-corrected chi connectivity index (χ2v) is 5.52. The van der Waals surface area contributed by atoms with Gasteiger partial charge in [-0.25, -0.2) is 4.39 Å². The van der Waals surface area contributed by atoms with Crippen molar-refractivity contribution < 1.29 is 22.4 Å². The van der Waals surface area contributed by atoms with E-state index in [2.05, 4.69) is 5.32 Å². The minimum atomic E-state index is -4.57. The summed E-state index contributed by atoms with van der Waals surface area (Å²) in [5.74, 6) is -0.919. The average molecular weight is 359 g/mol. The Hall–Kier alpha value is -0.990. The largest absolute Gasteiger partial charge is 0.416 e. The zero-order valence-electron chi connectivity index (χ0n) is 11.5. The van der Waals surface area contributed by atoms with E-state index in [1.165, 1.54) is 0 Å². The van der Waals surface area contributed by atoms with E-state index >= 15 is 0 Å². The van der Waals surface area contributed by atoms with Crippen LogP contribution in [-0.2, 0) is 11.9 Å². The van der Waals surface area contributed by atoms with E-state index in [1.54, 1.807) is 4.90 Å². The van der Waals surface area contributed by atoms with E-state index < -0.39 is 17.6 Å². The average Bonchev–Trinajstić information content (AvgIpc) is 2.45. The standard InChI is InChI=1S/C13H14F4N2OS.ClH/c14-11-7-10(13(15,16)17)2-1-9(11)8-21-12(20)19-5-3-18-4-6-19;/h1-2,7,18H,3-6,8H2;1H. The summed E-state index contributed by atoms with van der Waals surface area (Å²) in [5.41, 5.74) is -0.932. The van der Waals surface area contributed by atoms with Crippen LogP contribution >= 0.6 is 24.2 Å². The number of nitrogens with zero attached hydrogens (tertiary/aromatic N) is 1. The minimum absolute atomic E-state index is 0. The molecule has 1 aliphatic heterocycles. The van der Waals surface area contributed by atoms with E-state index in [-0.39, 0.29) is 29.0 Å². The Kier molecular flexibility index (Phi) is 6.96. The lowest BCUT2D eigenvalue weighted by Crippen LogP contribution is -2.45. The highest BCUT2D eigenvalue weighted by Gasteiger charge is 2.31. The van der Waals surface area contributed by atoms with Crippen molar-refractivity contribution in [2.24, 2.45) is 0 Å². The molecule has 1 aliphatic rings. The molecule has 0 unspecified atom stereocenters. The predicted octanol–water partition coefficient (Wildman–Crippen LogP) is 3.52. The number of amides is 1. The number of carbonyl (C=O) groups excluding carboxylic acids is 1. The van der Waals surface area contributed by atoms with E-state index in [4.69, 9.17) is 0 Å². The van der Waals surface area contributed by atoms with Gasteiger partial charge in [0.1, 0.15) is 5.82 Å². The van der Waals surface area contributed by atoms with Crippen LogP contribution < -0.4 is 5.32 Å². The van der Waals surface area contributed by atoms with Crippen molar-refractivity contribution in [3.05, 3.63) is 35.1 Å². The number of hydrogen-bond acceptors (Lipinski definition) is 3. The van der Waals surface area contributed by atoms with E-state index in [9.17, 15) is 22.4 Å². The van der Waals surface area contributed by atoms with Gasteiger partial charge in [-0.05, 0) is 17.7 Å². The topological polar surface area (TPSA) is 32.3 Å². The van der Waals surface area contributed by atoms with Crippen molar-refractivity contribution >= 4 is 29.4 Å². The number of thioether (sulfide) groups is 1. The highest BCUT2D eigenvalue weighted by molar-refractivity contribution is 8.12. The first kappa shape index (κ1) is 19.1. The molecule has 1 saturated heterocycles. The molecule has 2 rings (SSSR count). The molecule has 0 radical (unpaired) electrons. The summed E-state index contributed by atoms with van der Waals surface area (Å²) in [7, 11) is 0. The van der Waals surface area contributed by atoms with Crippen molar-refractivity contribution in [2.75, 3.05) is 26.2 Å². The van der Waals surface area contributed by atoms with Crippen LogP contribution in [0.15, 0.2) is 18.2 Å². The minimum Gasteiger partial charge on any atom is -0.331 e. The Balaban J connectivity index is 0.00000242. The second kappa shape index (κ2) is 8.03. The fourth-order valence-electron chi connectivity index (χ4n) is 1.92. The first-order chi connectivity index (χ1) is 9.88. The second-order valence-electron chi connectivity index (χ2n) is 4.60. The van der Waals surface area contributed by atoms with E-state index in [0.717, 1.165) is 23.9 Å². The molecule has 0 aliphatic carbocycles. The van der Waals surface area contributed by atoms with Crippen molar-refractivity contribution in [3.63, 3.8) is 0 Å². The number of alkyl halides is 3. The lowest BCUT2D eigenvalue weighted by atomic mass is 10.1. The summed E-state index contributed by atoms with van der Waals surface area (Å²) in [6, 6.07) is 2.37. The molecular formula is C13H15ClF4N2OS. The number of nitrogens with one attached hydrogen (secondary N) is 1. The molecule has 0 atom stereocenters. The highest BCUT2D eigenvalue weighted by Crippen LogP contribution is 2.31. The predicted molar refractivity (Wildman–Crippen MR) is 79.8 cm³/mol. The first-order valence-electron chi connectivity index (χ1n) is 6.36. The van der Waals surface area contributed by atoms with Gasteiger partial charge >= 0.3 is 6.18 Å². The summed E-state index contributed by atoms with van der Waals surface area (Å²) in [6.45, 7) is 2.59. The first-order valence-corrected chi connectivity index (χ1v) is 7.34. The van der Waals surface area contributed by atoms with Crippen LogP contribution in [0.25, 0.3) is 0 Å². The maximum atomic E-state index is 13.6. The van der Waals surface area contributed by atoms with Crippen LogP contribution in [0.4, 0.5) is 22.4 Å². The lowest BCUT2D eigenvalue weighted by molar-refractivity contribution is -0.137. The van der Waals surface area contributed by atoms with Crippen LogP contribution in [0, 0.1) is 5.82 Å². The molecular weight excluding hydrogens is 344 g/mol. The van der Waals surface area contributed by atoms with Crippen LogP contribution in [0.1, 0.15) is 11.1 Å². The van der Waals surface area contributed by atoms with E-state index in [0.29, 0.717) is 32.2 Å². The molecule has 1 N–H and O–H groups in total. The van der Waals surface area contributed by atoms with Gasteiger partial charge in [0.05, 0.1) is 5.56 Å². The normalized spacial score (nSPS) is 15.4. The fourth-order valence-corrected chi connectivity index (χ4v) is 2.80. The summed E-state index contributed by atoms with van der Waals surface area (Å²) in [6.07, 6.45) is -4.57. The molecule has 1 amide bonds. The Morgan fingerprint density at radius 2 is 1.91 bits per heavy atom. The molecule has 124 valence electrons. The third-order valence-corrected chi connectivity index (χ3v) is 4.07. The molecule has 22 heavy (non-hydrogen) atoms. The highest BCUT2D eigenvalue weighted by atomic mass is 35.5. The summed E-state index contributed by atoms with van der Waals surface area (Å²) in [4.78, 5) is 13.5. The van der Waals surface area contributed by atoms with Crippen molar-refractivity contribution in [2.45, 2.75) is 11.9 Å². The molecule has 0 aromatic heterocycles. The van der Waals surface area contributed by atoms with Crippen molar-refractivity contribution in [3.8, 4) is 0 Å². The molecule has 0 bridgehead atoms. The summed E-state index contributed by atoms with van der Waals surface area (Å²) >= 11 is 0.902. The molecule has 1 fully saturated rings. The third-order valence-electron chi connectivity index (χ3n) is 3.11. The molecule has 3 nitrogen and oxygen atoms in total. The molecule has 0 spiro atoms. The van der Waals surface area contributed by atoms with Crippen LogP contribution in [0.2, 0.25) is 0 Å². The SMILES string of the molecule is Cl.O=C(SCc1ccc(C(F)(F)F)cc1F)N1CCNCC1. The zero-order chi connectivity index (χ0) is 15.5. The lowest BCUT2D eigenvalue weighted by Gasteiger charge is -2.26. The number of piperazine rings is 1. The van der Waals surface area contributed by atoms with Gasteiger partial charge in [0.2, 0.25) is 0 Å². The maximum absolute atomic E-state index is 13.6. The Morgan fingerprint density at radius 3 is 2.45 bits per heavy atom. The van der Waals surface area contributed by atoms with Crippen molar-refractivity contribution in [1.82, 2.24) is 10.2 Å². The van der Waals surface area contributed by atoms with Gasteiger partial charge in [-0.2, -0.15) is 13.2 Å². The Bertz CT molecular complexity index is 521. The maximum Gasteiger partial charge on any atom is 0.416 e. The van der Waals surface area contributed by atoms with Crippen LogP contribution in [-0.4, -0.2) is 36.3 Å². The molecule has 9 heteroatoms. The quantitative estimate of drug-likeness (QED) is 0.821. The zero-order valence-corrected chi connectivity index (χ0v) is 13.1. The third kappa shape index (κ3) is 5.03. The monoisotopic (exact) mass is 358 g/mol. The van der Waals surface area contributed by atoms with Gasteiger partial charge in [0, 0.05) is 31.9 Å². The number of rotatable bonds is 2. The summed E-state index contributed by atoms with van der Waals surface area (Å²) in [5, 5.41) is 2.92.